The van der Waals surface area contributed by atoms with Crippen LogP contribution in [0, 0.1) is 5.41 Å². The van der Waals surface area contributed by atoms with Gasteiger partial charge in [0, 0.05) is 0 Å². The highest BCUT2D eigenvalue weighted by Gasteiger charge is 2.32. The third kappa shape index (κ3) is 3.78. The fourth-order valence-corrected chi connectivity index (χ4v) is 0.825. The van der Waals surface area contributed by atoms with Gasteiger partial charge in [-0.15, -0.1) is 0 Å². The third-order valence-electron chi connectivity index (χ3n) is 1.56. The van der Waals surface area contributed by atoms with E-state index in [4.69, 9.17) is 5.11 Å². The number of aliphatic carboxylic acids is 1. The lowest BCUT2D eigenvalue weighted by atomic mass is 9.87. The van der Waals surface area contributed by atoms with Gasteiger partial charge in [0.15, 0.2) is 0 Å². The molecular weight excluding hydrogens is 174 g/mol. The number of rotatable bonds is 2. The van der Waals surface area contributed by atoms with Crippen LogP contribution in [0.3, 0.4) is 0 Å². The number of carbonyl (C=O) groups is 2. The number of carboxylic acid groups (broad SMARTS) is 1. The molecule has 0 bridgehead atoms. The van der Waals surface area contributed by atoms with Crippen LogP contribution >= 0.6 is 0 Å². The molecule has 0 aromatic rings. The quantitative estimate of drug-likeness (QED) is 0.675. The maximum absolute atomic E-state index is 10.8. The smallest absolute Gasteiger partial charge is 0.407 e. The second kappa shape index (κ2) is 4.11. The van der Waals surface area contributed by atoms with Crippen LogP contribution in [0.1, 0.15) is 20.8 Å². The van der Waals surface area contributed by atoms with E-state index in [9.17, 15) is 9.59 Å². The summed E-state index contributed by atoms with van der Waals surface area (Å²) < 4.78 is 4.31. The number of carbonyl (C=O) groups excluding carboxylic acids is 1. The van der Waals surface area contributed by atoms with E-state index < -0.39 is 23.5 Å². The Morgan fingerprint density at radius 1 is 1.38 bits per heavy atom. The number of nitrogens with one attached hydrogen (secondary N) is 1. The molecule has 0 spiro atoms. The van der Waals surface area contributed by atoms with E-state index in [0.717, 1.165) is 0 Å². The maximum atomic E-state index is 10.8. The van der Waals surface area contributed by atoms with Gasteiger partial charge in [0.25, 0.3) is 0 Å². The lowest BCUT2D eigenvalue weighted by molar-refractivity contribution is -0.142. The summed E-state index contributed by atoms with van der Waals surface area (Å²) in [5, 5.41) is 11.0. The summed E-state index contributed by atoms with van der Waals surface area (Å²) in [6, 6.07) is -0.944. The van der Waals surface area contributed by atoms with Crippen molar-refractivity contribution >= 4 is 12.1 Å². The van der Waals surface area contributed by atoms with E-state index in [1.165, 1.54) is 7.11 Å². The lowest BCUT2D eigenvalue weighted by Crippen LogP contribution is -2.49. The first kappa shape index (κ1) is 11.7. The molecule has 0 aromatic heterocycles. The van der Waals surface area contributed by atoms with Gasteiger partial charge < -0.3 is 15.2 Å². The van der Waals surface area contributed by atoms with Crippen molar-refractivity contribution in [2.24, 2.45) is 5.41 Å². The van der Waals surface area contributed by atoms with Crippen molar-refractivity contribution in [2.45, 2.75) is 26.8 Å². The van der Waals surface area contributed by atoms with Crippen molar-refractivity contribution in [1.82, 2.24) is 5.32 Å². The zero-order valence-electron chi connectivity index (χ0n) is 8.25. The van der Waals surface area contributed by atoms with Crippen molar-refractivity contribution < 1.29 is 19.4 Å². The Kier molecular flexibility index (Phi) is 3.71. The molecule has 0 heterocycles. The molecule has 0 radical (unpaired) electrons. The van der Waals surface area contributed by atoms with Crippen LogP contribution in [0.25, 0.3) is 0 Å². The average Bonchev–Trinajstić information content (AvgIpc) is 1.96. The Labute approximate surface area is 77.1 Å². The number of ether oxygens (including phenoxy) is 1. The van der Waals surface area contributed by atoms with Gasteiger partial charge in [0.1, 0.15) is 6.04 Å². The highest BCUT2D eigenvalue weighted by molar-refractivity contribution is 5.80. The molecule has 5 heteroatoms. The number of carboxylic acids is 1. The van der Waals surface area contributed by atoms with Gasteiger partial charge in [0.2, 0.25) is 0 Å². The summed E-state index contributed by atoms with van der Waals surface area (Å²) in [5.74, 6) is -1.07. The summed E-state index contributed by atoms with van der Waals surface area (Å²) >= 11 is 0. The lowest BCUT2D eigenvalue weighted by Gasteiger charge is -2.26. The van der Waals surface area contributed by atoms with Gasteiger partial charge in [-0.2, -0.15) is 0 Å². The number of methoxy groups -OCH3 is 1. The highest BCUT2D eigenvalue weighted by Crippen LogP contribution is 2.19. The Hall–Kier alpha value is -1.26. The van der Waals surface area contributed by atoms with Crippen molar-refractivity contribution in [3.05, 3.63) is 0 Å². The fraction of sp³-hybridized carbons (Fsp3) is 0.750. The first-order chi connectivity index (χ1) is 5.79. The van der Waals surface area contributed by atoms with Crippen LogP contribution in [-0.4, -0.2) is 30.3 Å². The Morgan fingerprint density at radius 3 is 2.08 bits per heavy atom. The standard InChI is InChI=1S/C8H15NO4/c1-8(2,3)5(6(10)11)9-7(12)13-4/h5H,1-4H3,(H,9,12)(H,10,11)/t5-/m0/s1. The van der Waals surface area contributed by atoms with Crippen LogP contribution < -0.4 is 5.32 Å². The SMILES string of the molecule is COC(=O)N[C@@H](C(=O)O)C(C)(C)C. The minimum Gasteiger partial charge on any atom is -0.480 e. The molecule has 0 unspecified atom stereocenters. The molecule has 0 saturated heterocycles. The molecule has 0 aliphatic rings. The molecule has 0 aliphatic heterocycles. The molecule has 0 fully saturated rings. The first-order valence-corrected chi connectivity index (χ1v) is 3.86. The topological polar surface area (TPSA) is 75.6 Å². The maximum Gasteiger partial charge on any atom is 0.407 e. The molecule has 2 N–H and O–H groups in total. The van der Waals surface area contributed by atoms with Crippen LogP contribution in [0.5, 0.6) is 0 Å². The third-order valence-corrected chi connectivity index (χ3v) is 1.56. The van der Waals surface area contributed by atoms with Gasteiger partial charge in [-0.3, -0.25) is 0 Å². The van der Waals surface area contributed by atoms with Crippen molar-refractivity contribution in [1.29, 1.82) is 0 Å². The molecule has 13 heavy (non-hydrogen) atoms. The van der Waals surface area contributed by atoms with E-state index in [1.807, 2.05) is 0 Å². The summed E-state index contributed by atoms with van der Waals surface area (Å²) in [4.78, 5) is 21.5. The molecular formula is C8H15NO4. The zero-order chi connectivity index (χ0) is 10.6. The van der Waals surface area contributed by atoms with E-state index >= 15 is 0 Å². The van der Waals surface area contributed by atoms with Crippen LogP contribution in [0.15, 0.2) is 0 Å². The number of hydrogen-bond donors (Lipinski definition) is 2. The molecule has 5 nitrogen and oxygen atoms in total. The van der Waals surface area contributed by atoms with E-state index in [2.05, 4.69) is 10.1 Å². The van der Waals surface area contributed by atoms with Gasteiger partial charge in [0.05, 0.1) is 7.11 Å². The van der Waals surface area contributed by atoms with E-state index in [1.54, 1.807) is 20.8 Å². The summed E-state index contributed by atoms with van der Waals surface area (Å²) in [5.41, 5.74) is -0.542. The van der Waals surface area contributed by atoms with Crippen molar-refractivity contribution in [2.75, 3.05) is 7.11 Å². The largest absolute Gasteiger partial charge is 0.480 e. The molecule has 0 saturated carbocycles. The van der Waals surface area contributed by atoms with E-state index in [0.29, 0.717) is 0 Å². The fourth-order valence-electron chi connectivity index (χ4n) is 0.825. The van der Waals surface area contributed by atoms with Crippen molar-refractivity contribution in [3.8, 4) is 0 Å². The molecule has 1 atom stereocenters. The summed E-state index contributed by atoms with van der Waals surface area (Å²) in [6.45, 7) is 5.17. The van der Waals surface area contributed by atoms with Gasteiger partial charge in [-0.25, -0.2) is 9.59 Å². The normalized spacial score (nSPS) is 13.2. The summed E-state index contributed by atoms with van der Waals surface area (Å²) in [6.07, 6.45) is -0.734. The predicted octanol–water partition coefficient (Wildman–Crippen LogP) is 0.842. The van der Waals surface area contributed by atoms with E-state index in [-0.39, 0.29) is 0 Å². The Balaban J connectivity index is 4.46. The monoisotopic (exact) mass is 189 g/mol. The molecule has 76 valence electrons. The molecule has 0 aliphatic carbocycles. The zero-order valence-corrected chi connectivity index (χ0v) is 8.25. The van der Waals surface area contributed by atoms with Gasteiger partial charge >= 0.3 is 12.1 Å². The number of amides is 1. The van der Waals surface area contributed by atoms with Crippen LogP contribution in [0.2, 0.25) is 0 Å². The van der Waals surface area contributed by atoms with Crippen molar-refractivity contribution in [3.63, 3.8) is 0 Å². The van der Waals surface area contributed by atoms with Gasteiger partial charge in [-0.1, -0.05) is 20.8 Å². The Bertz CT molecular complexity index is 207. The number of hydrogen-bond acceptors (Lipinski definition) is 3. The first-order valence-electron chi connectivity index (χ1n) is 3.86. The highest BCUT2D eigenvalue weighted by atomic mass is 16.5. The second-order valence-corrected chi connectivity index (χ2v) is 3.77. The van der Waals surface area contributed by atoms with Crippen LogP contribution in [-0.2, 0) is 9.53 Å². The molecule has 1 amide bonds. The minimum atomic E-state index is -1.07. The van der Waals surface area contributed by atoms with Gasteiger partial charge in [-0.05, 0) is 5.41 Å². The summed E-state index contributed by atoms with van der Waals surface area (Å²) in [7, 11) is 1.19. The second-order valence-electron chi connectivity index (χ2n) is 3.77. The number of alkyl carbamates (subject to hydrolysis) is 1. The molecule has 0 aromatic carbocycles. The molecule has 0 rings (SSSR count). The predicted molar refractivity (Wildman–Crippen MR) is 46.4 cm³/mol. The average molecular weight is 189 g/mol. The minimum absolute atomic E-state index is 0.542. The van der Waals surface area contributed by atoms with Crippen LogP contribution in [0.4, 0.5) is 4.79 Å². The Morgan fingerprint density at radius 2 is 1.85 bits per heavy atom.